The van der Waals surface area contributed by atoms with Gasteiger partial charge in [-0.05, 0) is 19.1 Å². The Hall–Kier alpha value is -0.720. The lowest BCUT2D eigenvalue weighted by molar-refractivity contribution is -0.151. The first-order valence-corrected chi connectivity index (χ1v) is 7.14. The summed E-state index contributed by atoms with van der Waals surface area (Å²) in [7, 11) is 0. The summed E-state index contributed by atoms with van der Waals surface area (Å²) in [5, 5.41) is 0. The van der Waals surface area contributed by atoms with Crippen molar-refractivity contribution in [3.8, 4) is 0 Å². The summed E-state index contributed by atoms with van der Waals surface area (Å²) in [5.74, 6) is -0.206. The van der Waals surface area contributed by atoms with Gasteiger partial charge in [-0.3, -0.25) is 9.59 Å². The van der Waals surface area contributed by atoms with Gasteiger partial charge in [0.1, 0.15) is 0 Å². The van der Waals surface area contributed by atoms with E-state index in [9.17, 15) is 9.59 Å². The number of hydrogen-bond acceptors (Lipinski definition) is 5. The smallest absolute Gasteiger partial charge is 0.316 e. The van der Waals surface area contributed by atoms with Crippen LogP contribution in [0.15, 0.2) is 12.1 Å². The van der Waals surface area contributed by atoms with E-state index in [-0.39, 0.29) is 5.75 Å². The SMILES string of the molecule is C[C@H](OC(=O)CSCc1ccc(Cl)s1)C(N)=O. The largest absolute Gasteiger partial charge is 0.452 e. The molecule has 1 heterocycles. The molecule has 0 bridgehead atoms. The van der Waals surface area contributed by atoms with Gasteiger partial charge in [-0.2, -0.15) is 0 Å². The molecule has 0 saturated heterocycles. The van der Waals surface area contributed by atoms with Crippen LogP contribution in [0.3, 0.4) is 0 Å². The van der Waals surface area contributed by atoms with Crippen LogP contribution in [0.5, 0.6) is 0 Å². The summed E-state index contributed by atoms with van der Waals surface area (Å²) >= 11 is 8.65. The molecule has 1 aromatic heterocycles. The lowest BCUT2D eigenvalue weighted by Crippen LogP contribution is -2.31. The Kier molecular flexibility index (Phi) is 5.80. The van der Waals surface area contributed by atoms with Crippen molar-refractivity contribution in [1.82, 2.24) is 0 Å². The molecule has 7 heteroatoms. The molecule has 0 aliphatic rings. The molecule has 4 nitrogen and oxygen atoms in total. The van der Waals surface area contributed by atoms with Crippen molar-refractivity contribution in [2.45, 2.75) is 18.8 Å². The fourth-order valence-electron chi connectivity index (χ4n) is 0.954. The molecular formula is C10H12ClNO3S2. The van der Waals surface area contributed by atoms with Gasteiger partial charge in [0, 0.05) is 10.6 Å². The van der Waals surface area contributed by atoms with Crippen molar-refractivity contribution >= 4 is 46.6 Å². The number of ether oxygens (including phenoxy) is 1. The summed E-state index contributed by atoms with van der Waals surface area (Å²) in [6.45, 7) is 1.45. The number of halogens is 1. The first kappa shape index (κ1) is 14.3. The second kappa shape index (κ2) is 6.88. The van der Waals surface area contributed by atoms with Crippen LogP contribution in [-0.2, 0) is 20.1 Å². The van der Waals surface area contributed by atoms with Crippen molar-refractivity contribution in [3.05, 3.63) is 21.3 Å². The Balaban J connectivity index is 2.22. The molecule has 2 N–H and O–H groups in total. The molecule has 0 spiro atoms. The highest BCUT2D eigenvalue weighted by Gasteiger charge is 2.14. The molecule has 1 aromatic rings. The molecule has 0 radical (unpaired) electrons. The van der Waals surface area contributed by atoms with Gasteiger partial charge in [-0.1, -0.05) is 11.6 Å². The van der Waals surface area contributed by atoms with E-state index in [0.29, 0.717) is 5.75 Å². The average Bonchev–Trinajstić information content (AvgIpc) is 2.64. The summed E-state index contributed by atoms with van der Waals surface area (Å²) in [4.78, 5) is 23.0. The van der Waals surface area contributed by atoms with Crippen LogP contribution in [0.2, 0.25) is 4.34 Å². The lowest BCUT2D eigenvalue weighted by Gasteiger charge is -2.08. The molecule has 1 atom stereocenters. The minimum absolute atomic E-state index is 0.188. The Morgan fingerprint density at radius 3 is 2.82 bits per heavy atom. The van der Waals surface area contributed by atoms with Crippen molar-refractivity contribution in [2.24, 2.45) is 5.73 Å². The van der Waals surface area contributed by atoms with Crippen LogP contribution in [0.1, 0.15) is 11.8 Å². The number of rotatable bonds is 6. The molecular weight excluding hydrogens is 282 g/mol. The van der Waals surface area contributed by atoms with Crippen LogP contribution < -0.4 is 5.73 Å². The van der Waals surface area contributed by atoms with E-state index in [2.05, 4.69) is 0 Å². The molecule has 0 saturated carbocycles. The zero-order chi connectivity index (χ0) is 12.8. The minimum atomic E-state index is -0.876. The van der Waals surface area contributed by atoms with Crippen LogP contribution in [0, 0.1) is 0 Å². The molecule has 17 heavy (non-hydrogen) atoms. The number of carbonyl (C=O) groups is 2. The summed E-state index contributed by atoms with van der Waals surface area (Å²) < 4.78 is 5.53. The maximum absolute atomic E-state index is 11.3. The van der Waals surface area contributed by atoms with Gasteiger partial charge in [-0.25, -0.2) is 0 Å². The predicted molar refractivity (Wildman–Crippen MR) is 70.2 cm³/mol. The van der Waals surface area contributed by atoms with E-state index in [0.717, 1.165) is 9.21 Å². The summed E-state index contributed by atoms with van der Waals surface area (Å²) in [5.41, 5.74) is 4.97. The van der Waals surface area contributed by atoms with Gasteiger partial charge >= 0.3 is 5.97 Å². The van der Waals surface area contributed by atoms with Crippen LogP contribution >= 0.6 is 34.7 Å². The van der Waals surface area contributed by atoms with Crippen molar-refractivity contribution in [1.29, 1.82) is 0 Å². The molecule has 0 aliphatic heterocycles. The fourth-order valence-corrected chi connectivity index (χ4v) is 2.96. The standard InChI is InChI=1S/C10H12ClNO3S2/c1-6(10(12)14)15-9(13)5-16-4-7-2-3-8(11)17-7/h2-3,6H,4-5H2,1H3,(H2,12,14)/t6-/m0/s1. The molecule has 0 unspecified atom stereocenters. The predicted octanol–water partition coefficient (Wildman–Crippen LogP) is 2.05. The third-order valence-electron chi connectivity index (χ3n) is 1.80. The van der Waals surface area contributed by atoms with Crippen molar-refractivity contribution < 1.29 is 14.3 Å². The van der Waals surface area contributed by atoms with E-state index >= 15 is 0 Å². The zero-order valence-electron chi connectivity index (χ0n) is 9.14. The van der Waals surface area contributed by atoms with Crippen LogP contribution in [0.25, 0.3) is 0 Å². The van der Waals surface area contributed by atoms with E-state index in [1.54, 1.807) is 0 Å². The minimum Gasteiger partial charge on any atom is -0.452 e. The van der Waals surface area contributed by atoms with Gasteiger partial charge in [0.15, 0.2) is 6.10 Å². The normalized spacial score (nSPS) is 12.1. The second-order valence-electron chi connectivity index (χ2n) is 3.23. The molecule has 0 aromatic carbocycles. The number of thiophene rings is 1. The van der Waals surface area contributed by atoms with Gasteiger partial charge in [0.2, 0.25) is 0 Å². The van der Waals surface area contributed by atoms with Crippen molar-refractivity contribution in [3.63, 3.8) is 0 Å². The van der Waals surface area contributed by atoms with Crippen LogP contribution in [-0.4, -0.2) is 23.7 Å². The molecule has 1 amide bonds. The lowest BCUT2D eigenvalue weighted by atomic mass is 10.4. The Bertz CT molecular complexity index is 408. The van der Waals surface area contributed by atoms with E-state index in [4.69, 9.17) is 22.1 Å². The Labute approximate surface area is 112 Å². The van der Waals surface area contributed by atoms with Gasteiger partial charge < -0.3 is 10.5 Å². The average molecular weight is 294 g/mol. The second-order valence-corrected chi connectivity index (χ2v) is 6.02. The highest BCUT2D eigenvalue weighted by atomic mass is 35.5. The number of nitrogens with two attached hydrogens (primary N) is 1. The van der Waals surface area contributed by atoms with Crippen molar-refractivity contribution in [2.75, 3.05) is 5.75 Å². The third kappa shape index (κ3) is 5.43. The van der Waals surface area contributed by atoms with Gasteiger partial charge in [0.25, 0.3) is 5.91 Å². The monoisotopic (exact) mass is 293 g/mol. The molecule has 0 aliphatic carbocycles. The summed E-state index contributed by atoms with van der Waals surface area (Å²) in [6.07, 6.45) is -0.876. The van der Waals surface area contributed by atoms with E-state index < -0.39 is 18.0 Å². The number of thioether (sulfide) groups is 1. The number of hydrogen-bond donors (Lipinski definition) is 1. The number of esters is 1. The highest BCUT2D eigenvalue weighted by Crippen LogP contribution is 2.25. The molecule has 94 valence electrons. The van der Waals surface area contributed by atoms with Gasteiger partial charge in [0.05, 0.1) is 10.1 Å². The van der Waals surface area contributed by atoms with Crippen LogP contribution in [0.4, 0.5) is 0 Å². The number of carbonyl (C=O) groups excluding carboxylic acids is 2. The zero-order valence-corrected chi connectivity index (χ0v) is 11.5. The quantitative estimate of drug-likeness (QED) is 0.815. The topological polar surface area (TPSA) is 69.4 Å². The maximum Gasteiger partial charge on any atom is 0.316 e. The Morgan fingerprint density at radius 2 is 2.29 bits per heavy atom. The first-order chi connectivity index (χ1) is 7.99. The molecule has 0 fully saturated rings. The summed E-state index contributed by atoms with van der Waals surface area (Å²) in [6, 6.07) is 3.73. The van der Waals surface area contributed by atoms with Gasteiger partial charge in [-0.15, -0.1) is 23.1 Å². The maximum atomic E-state index is 11.3. The van der Waals surface area contributed by atoms with E-state index in [1.807, 2.05) is 12.1 Å². The highest BCUT2D eigenvalue weighted by molar-refractivity contribution is 7.99. The number of primary amides is 1. The Morgan fingerprint density at radius 1 is 1.59 bits per heavy atom. The third-order valence-corrected chi connectivity index (χ3v) is 4.17. The number of amides is 1. The first-order valence-electron chi connectivity index (χ1n) is 4.80. The fraction of sp³-hybridized carbons (Fsp3) is 0.400. The molecule has 1 rings (SSSR count). The van der Waals surface area contributed by atoms with E-state index in [1.165, 1.54) is 30.0 Å².